The average Bonchev–Trinajstić information content (AvgIpc) is 2.95. The fraction of sp³-hybridized carbons (Fsp3) is 0.611. The van der Waals surface area contributed by atoms with Crippen LogP contribution in [0, 0.1) is 5.82 Å². The Hall–Kier alpha value is -1.51. The van der Waals surface area contributed by atoms with Gasteiger partial charge in [-0.2, -0.15) is 4.31 Å². The van der Waals surface area contributed by atoms with Crippen LogP contribution < -0.4 is 5.32 Å². The normalized spacial score (nSPS) is 24.3. The molecule has 2 aliphatic heterocycles. The van der Waals surface area contributed by atoms with E-state index in [1.807, 2.05) is 0 Å². The molecular weight excluding hydrogens is 357 g/mol. The number of nitrogens with one attached hydrogen (secondary N) is 1. The number of sulfonamides is 1. The van der Waals surface area contributed by atoms with E-state index in [4.69, 9.17) is 0 Å². The second kappa shape index (κ2) is 7.62. The summed E-state index contributed by atoms with van der Waals surface area (Å²) in [6.07, 6.45) is 3.66. The number of hydrogen-bond acceptors (Lipinski definition) is 4. The molecule has 0 bridgehead atoms. The molecule has 1 fully saturated rings. The van der Waals surface area contributed by atoms with Crippen molar-refractivity contribution in [2.24, 2.45) is 0 Å². The molecule has 2 atom stereocenters. The summed E-state index contributed by atoms with van der Waals surface area (Å²) in [6, 6.07) is 4.62. The van der Waals surface area contributed by atoms with Crippen LogP contribution in [0.3, 0.4) is 0 Å². The maximum atomic E-state index is 13.7. The molecule has 0 aliphatic carbocycles. The molecule has 26 heavy (non-hydrogen) atoms. The quantitative estimate of drug-likeness (QED) is 0.858. The van der Waals surface area contributed by atoms with Crippen molar-refractivity contribution in [2.75, 3.05) is 25.9 Å². The summed E-state index contributed by atoms with van der Waals surface area (Å²) in [4.78, 5) is 13.5. The van der Waals surface area contributed by atoms with Gasteiger partial charge < -0.3 is 10.2 Å². The highest BCUT2D eigenvalue weighted by Crippen LogP contribution is 2.28. The van der Waals surface area contributed by atoms with Crippen molar-refractivity contribution in [1.82, 2.24) is 14.5 Å². The highest BCUT2D eigenvalue weighted by Gasteiger charge is 2.32. The van der Waals surface area contributed by atoms with Crippen LogP contribution in [-0.2, 0) is 21.4 Å². The molecule has 1 saturated heterocycles. The maximum absolute atomic E-state index is 13.7. The molecular formula is C18H26FN3O3S. The van der Waals surface area contributed by atoms with Gasteiger partial charge in [-0.25, -0.2) is 12.8 Å². The molecule has 2 aliphatic rings. The van der Waals surface area contributed by atoms with E-state index in [1.54, 1.807) is 15.3 Å². The van der Waals surface area contributed by atoms with E-state index in [0.717, 1.165) is 24.0 Å². The Morgan fingerprint density at radius 1 is 1.31 bits per heavy atom. The first-order valence-corrected chi connectivity index (χ1v) is 10.8. The van der Waals surface area contributed by atoms with E-state index < -0.39 is 10.0 Å². The van der Waals surface area contributed by atoms with Gasteiger partial charge in [0.2, 0.25) is 15.9 Å². The number of amides is 1. The fourth-order valence-corrected chi connectivity index (χ4v) is 5.17. The Morgan fingerprint density at radius 2 is 2.08 bits per heavy atom. The Balaban J connectivity index is 1.77. The first kappa shape index (κ1) is 19.3. The Kier molecular flexibility index (Phi) is 5.64. The van der Waals surface area contributed by atoms with Gasteiger partial charge in [0.1, 0.15) is 5.82 Å². The molecule has 6 nitrogen and oxygen atoms in total. The second-order valence-electron chi connectivity index (χ2n) is 7.20. The molecule has 1 aromatic rings. The lowest BCUT2D eigenvalue weighted by molar-refractivity contribution is -0.129. The van der Waals surface area contributed by atoms with E-state index in [1.165, 1.54) is 25.3 Å². The van der Waals surface area contributed by atoms with Crippen LogP contribution in [0.1, 0.15) is 43.4 Å². The Labute approximate surface area is 154 Å². The molecule has 8 heteroatoms. The summed E-state index contributed by atoms with van der Waals surface area (Å²) >= 11 is 0. The van der Waals surface area contributed by atoms with Gasteiger partial charge in [-0.1, -0.05) is 6.07 Å². The van der Waals surface area contributed by atoms with Gasteiger partial charge in [-0.3, -0.25) is 4.79 Å². The van der Waals surface area contributed by atoms with Crippen molar-refractivity contribution in [3.63, 3.8) is 0 Å². The molecule has 3 rings (SSSR count). The lowest BCUT2D eigenvalue weighted by Gasteiger charge is -2.26. The fourth-order valence-electron chi connectivity index (χ4n) is 3.99. The number of carbonyl (C=O) groups excluding carboxylic acids is 1. The Morgan fingerprint density at radius 3 is 2.77 bits per heavy atom. The second-order valence-corrected chi connectivity index (χ2v) is 9.14. The van der Waals surface area contributed by atoms with Crippen molar-refractivity contribution in [3.8, 4) is 0 Å². The molecule has 1 N–H and O–H groups in total. The van der Waals surface area contributed by atoms with Gasteiger partial charge in [0, 0.05) is 45.2 Å². The highest BCUT2D eigenvalue weighted by atomic mass is 32.2. The molecule has 0 saturated carbocycles. The van der Waals surface area contributed by atoms with Gasteiger partial charge in [0.05, 0.1) is 6.26 Å². The predicted octanol–water partition coefficient (Wildman–Crippen LogP) is 1.63. The van der Waals surface area contributed by atoms with Gasteiger partial charge >= 0.3 is 0 Å². The molecule has 144 valence electrons. The number of halogens is 1. The summed E-state index contributed by atoms with van der Waals surface area (Å²) in [5, 5.41) is 3.47. The first-order valence-electron chi connectivity index (χ1n) is 8.99. The summed E-state index contributed by atoms with van der Waals surface area (Å²) in [5.41, 5.74) is 1.79. The SMILES string of the molecule is CC(=O)N1CC[C@@H](NC[C@H]2CCCN2S(C)(=O)=O)c2ccc(F)cc2C1. The number of nitrogens with zero attached hydrogens (tertiary/aromatic N) is 2. The van der Waals surface area contributed by atoms with Crippen LogP contribution in [0.2, 0.25) is 0 Å². The highest BCUT2D eigenvalue weighted by molar-refractivity contribution is 7.88. The molecule has 0 unspecified atom stereocenters. The molecule has 1 amide bonds. The van der Waals surface area contributed by atoms with E-state index in [0.29, 0.717) is 32.6 Å². The van der Waals surface area contributed by atoms with Crippen LogP contribution in [0.25, 0.3) is 0 Å². The van der Waals surface area contributed by atoms with Crippen molar-refractivity contribution in [2.45, 2.75) is 44.8 Å². The average molecular weight is 383 g/mol. The third kappa shape index (κ3) is 4.24. The van der Waals surface area contributed by atoms with Crippen LogP contribution in [-0.4, -0.2) is 55.5 Å². The lowest BCUT2D eigenvalue weighted by Crippen LogP contribution is -2.42. The third-order valence-corrected chi connectivity index (χ3v) is 6.66. The summed E-state index contributed by atoms with van der Waals surface area (Å²) in [6.45, 7) is 3.63. The number of fused-ring (bicyclic) bond motifs is 1. The van der Waals surface area contributed by atoms with E-state index in [2.05, 4.69) is 5.32 Å². The molecule has 0 spiro atoms. The van der Waals surface area contributed by atoms with Gasteiger partial charge in [-0.05, 0) is 42.5 Å². The largest absolute Gasteiger partial charge is 0.339 e. The minimum Gasteiger partial charge on any atom is -0.339 e. The zero-order valence-corrected chi connectivity index (χ0v) is 16.1. The summed E-state index contributed by atoms with van der Waals surface area (Å²) in [5.74, 6) is -0.341. The standard InChI is InChI=1S/C18H26FN3O3S/c1-13(23)21-9-7-18(17-6-5-15(19)10-14(17)12-21)20-11-16-4-3-8-22(16)26(2,24)25/h5-6,10,16,18,20H,3-4,7-9,11-12H2,1-2H3/t16-,18-/m1/s1. The van der Waals surface area contributed by atoms with Crippen molar-refractivity contribution in [1.29, 1.82) is 0 Å². The molecule has 0 aromatic heterocycles. The van der Waals surface area contributed by atoms with E-state index >= 15 is 0 Å². The number of carbonyl (C=O) groups is 1. The summed E-state index contributed by atoms with van der Waals surface area (Å²) in [7, 11) is -3.21. The number of benzene rings is 1. The monoisotopic (exact) mass is 383 g/mol. The first-order chi connectivity index (χ1) is 12.3. The van der Waals surface area contributed by atoms with Crippen molar-refractivity contribution >= 4 is 15.9 Å². The maximum Gasteiger partial charge on any atom is 0.219 e. The minimum absolute atomic E-state index is 0.0279. The number of hydrogen-bond donors (Lipinski definition) is 1. The topological polar surface area (TPSA) is 69.7 Å². The molecule has 2 heterocycles. The Bertz CT molecular complexity index is 784. The summed E-state index contributed by atoms with van der Waals surface area (Å²) < 4.78 is 39.1. The zero-order chi connectivity index (χ0) is 18.9. The number of rotatable bonds is 4. The minimum atomic E-state index is -3.21. The van der Waals surface area contributed by atoms with Gasteiger partial charge in [-0.15, -0.1) is 0 Å². The van der Waals surface area contributed by atoms with Gasteiger partial charge in [0.25, 0.3) is 0 Å². The van der Waals surface area contributed by atoms with E-state index in [-0.39, 0.29) is 23.8 Å². The van der Waals surface area contributed by atoms with Crippen LogP contribution in [0.15, 0.2) is 18.2 Å². The molecule has 0 radical (unpaired) electrons. The smallest absolute Gasteiger partial charge is 0.219 e. The van der Waals surface area contributed by atoms with E-state index in [9.17, 15) is 17.6 Å². The van der Waals surface area contributed by atoms with Crippen LogP contribution in [0.4, 0.5) is 4.39 Å². The third-order valence-electron chi connectivity index (χ3n) is 5.32. The van der Waals surface area contributed by atoms with Crippen molar-refractivity contribution < 1.29 is 17.6 Å². The van der Waals surface area contributed by atoms with Gasteiger partial charge in [0.15, 0.2) is 0 Å². The van der Waals surface area contributed by atoms with Crippen LogP contribution >= 0.6 is 0 Å². The predicted molar refractivity (Wildman–Crippen MR) is 97.4 cm³/mol. The lowest BCUT2D eigenvalue weighted by atomic mass is 9.99. The molecule has 1 aromatic carbocycles. The van der Waals surface area contributed by atoms with Crippen molar-refractivity contribution in [3.05, 3.63) is 35.1 Å². The zero-order valence-electron chi connectivity index (χ0n) is 15.2. The van der Waals surface area contributed by atoms with Crippen LogP contribution in [0.5, 0.6) is 0 Å².